The summed E-state index contributed by atoms with van der Waals surface area (Å²) in [5.41, 5.74) is 2.36. The molecule has 2 aromatic heterocycles. The van der Waals surface area contributed by atoms with Crippen LogP contribution in [0.3, 0.4) is 0 Å². The molecule has 1 N–H and O–H groups in total. The van der Waals surface area contributed by atoms with Crippen molar-refractivity contribution in [3.63, 3.8) is 0 Å². The van der Waals surface area contributed by atoms with Crippen molar-refractivity contribution >= 4 is 28.3 Å². The van der Waals surface area contributed by atoms with Gasteiger partial charge in [-0.25, -0.2) is 4.68 Å². The fourth-order valence-electron chi connectivity index (χ4n) is 2.19. The third-order valence-electron chi connectivity index (χ3n) is 3.60. The van der Waals surface area contributed by atoms with Gasteiger partial charge in [-0.2, -0.15) is 4.98 Å². The van der Waals surface area contributed by atoms with Gasteiger partial charge in [0.1, 0.15) is 0 Å². The van der Waals surface area contributed by atoms with Crippen molar-refractivity contribution in [1.82, 2.24) is 30.5 Å². The number of rotatable bonds is 5. The van der Waals surface area contributed by atoms with E-state index < -0.39 is 0 Å². The normalized spacial score (nSPS) is 12.0. The third kappa shape index (κ3) is 3.82. The van der Waals surface area contributed by atoms with Crippen molar-refractivity contribution in [2.75, 3.05) is 7.05 Å². The van der Waals surface area contributed by atoms with Crippen LogP contribution in [0.1, 0.15) is 18.4 Å². The van der Waals surface area contributed by atoms with E-state index in [1.165, 1.54) is 0 Å². The van der Waals surface area contributed by atoms with E-state index in [0.717, 1.165) is 15.9 Å². The van der Waals surface area contributed by atoms with Crippen LogP contribution in [0, 0.1) is 6.92 Å². The van der Waals surface area contributed by atoms with Gasteiger partial charge in [0.05, 0.1) is 11.4 Å². The van der Waals surface area contributed by atoms with Gasteiger partial charge in [-0.15, -0.1) is 17.5 Å². The molecule has 1 unspecified atom stereocenters. The van der Waals surface area contributed by atoms with Gasteiger partial charge in [0.2, 0.25) is 0 Å². The second-order valence-corrected chi connectivity index (χ2v) is 6.24. The molecule has 1 aromatic carbocycles. The van der Waals surface area contributed by atoms with Crippen LogP contribution in [0.5, 0.6) is 0 Å². The molecule has 24 heavy (non-hydrogen) atoms. The molecule has 7 nitrogen and oxygen atoms in total. The molecule has 0 aliphatic heterocycles. The third-order valence-corrected chi connectivity index (χ3v) is 4.09. The van der Waals surface area contributed by atoms with E-state index in [1.807, 2.05) is 38.2 Å². The van der Waals surface area contributed by atoms with Gasteiger partial charge in [-0.3, -0.25) is 0 Å². The summed E-state index contributed by atoms with van der Waals surface area (Å²) < 4.78 is 8.07. The molecule has 0 aliphatic rings. The Morgan fingerprint density at radius 1 is 1.38 bits per heavy atom. The summed E-state index contributed by atoms with van der Waals surface area (Å²) in [7, 11) is 1.90. The van der Waals surface area contributed by atoms with E-state index in [2.05, 4.69) is 48.6 Å². The molecule has 0 aliphatic carbocycles. The molecule has 0 bridgehead atoms. The number of nitrogens with one attached hydrogen (secondary N) is 1. The molecule has 3 aromatic rings. The van der Waals surface area contributed by atoms with Gasteiger partial charge in [-0.1, -0.05) is 32.4 Å². The van der Waals surface area contributed by atoms with Crippen molar-refractivity contribution in [2.45, 2.75) is 26.3 Å². The minimum absolute atomic E-state index is 0. The van der Waals surface area contributed by atoms with Crippen LogP contribution < -0.4 is 5.32 Å². The van der Waals surface area contributed by atoms with E-state index in [0.29, 0.717) is 23.8 Å². The lowest BCUT2D eigenvalue weighted by Crippen LogP contribution is -2.24. The standard InChI is InChI=1S/C15H17BrN6O.ClH/c1-9(17-3)7-13-18-15(23-20-13)14-10(2)22(21-19-14)12-6-4-5-11(16)8-12;/h4-6,8-9,17H,7H2,1-3H3;1H. The Morgan fingerprint density at radius 2 is 2.17 bits per heavy atom. The van der Waals surface area contributed by atoms with Crippen LogP contribution in [0.15, 0.2) is 33.3 Å². The number of likely N-dealkylation sites (N-methyl/N-ethyl adjacent to an activating group) is 1. The molecule has 2 heterocycles. The topological polar surface area (TPSA) is 81.7 Å². The molecular weight excluding hydrogens is 396 g/mol. The van der Waals surface area contributed by atoms with Gasteiger partial charge in [-0.05, 0) is 39.1 Å². The van der Waals surface area contributed by atoms with E-state index in [9.17, 15) is 0 Å². The molecule has 1 atom stereocenters. The predicted octanol–water partition coefficient (Wildman–Crippen LogP) is 2.96. The number of nitrogens with zero attached hydrogens (tertiary/aromatic N) is 5. The number of hydrogen-bond acceptors (Lipinski definition) is 6. The molecule has 0 saturated carbocycles. The van der Waals surface area contributed by atoms with E-state index >= 15 is 0 Å². The van der Waals surface area contributed by atoms with Gasteiger partial charge in [0.15, 0.2) is 11.5 Å². The largest absolute Gasteiger partial charge is 0.332 e. The van der Waals surface area contributed by atoms with Crippen LogP contribution in [0.25, 0.3) is 17.3 Å². The summed E-state index contributed by atoms with van der Waals surface area (Å²) in [5.74, 6) is 1.04. The molecule has 0 radical (unpaired) electrons. The number of halogens is 2. The summed E-state index contributed by atoms with van der Waals surface area (Å²) in [6.07, 6.45) is 0.693. The highest BCUT2D eigenvalue weighted by atomic mass is 79.9. The number of hydrogen-bond donors (Lipinski definition) is 1. The van der Waals surface area contributed by atoms with Crippen molar-refractivity contribution in [3.05, 3.63) is 40.3 Å². The van der Waals surface area contributed by atoms with Crippen LogP contribution in [-0.4, -0.2) is 38.2 Å². The minimum atomic E-state index is 0. The molecule has 0 saturated heterocycles. The summed E-state index contributed by atoms with van der Waals surface area (Å²) in [6.45, 7) is 3.99. The van der Waals surface area contributed by atoms with Gasteiger partial charge in [0, 0.05) is 16.9 Å². The summed E-state index contributed by atoms with van der Waals surface area (Å²) in [5, 5.41) is 15.5. The van der Waals surface area contributed by atoms with Crippen molar-refractivity contribution in [2.24, 2.45) is 0 Å². The Kier molecular flexibility index (Phi) is 6.09. The van der Waals surface area contributed by atoms with Crippen molar-refractivity contribution < 1.29 is 4.52 Å². The van der Waals surface area contributed by atoms with Crippen LogP contribution in [0.4, 0.5) is 0 Å². The second-order valence-electron chi connectivity index (χ2n) is 5.32. The maximum Gasteiger partial charge on any atom is 0.280 e. The Labute approximate surface area is 154 Å². The fourth-order valence-corrected chi connectivity index (χ4v) is 2.58. The lowest BCUT2D eigenvalue weighted by Gasteiger charge is -2.04. The molecule has 0 spiro atoms. The van der Waals surface area contributed by atoms with Crippen LogP contribution in [0.2, 0.25) is 0 Å². The minimum Gasteiger partial charge on any atom is -0.332 e. The Balaban J connectivity index is 0.00000208. The first-order valence-electron chi connectivity index (χ1n) is 7.27. The molecule has 9 heteroatoms. The average Bonchev–Trinajstić information content (AvgIpc) is 3.13. The molecular formula is C15H18BrClN6O. The number of benzene rings is 1. The monoisotopic (exact) mass is 412 g/mol. The average molecular weight is 414 g/mol. The highest BCUT2D eigenvalue weighted by molar-refractivity contribution is 9.10. The summed E-state index contributed by atoms with van der Waals surface area (Å²) in [4.78, 5) is 4.41. The van der Waals surface area contributed by atoms with E-state index in [4.69, 9.17) is 4.52 Å². The van der Waals surface area contributed by atoms with Gasteiger partial charge >= 0.3 is 0 Å². The van der Waals surface area contributed by atoms with Crippen molar-refractivity contribution in [3.8, 4) is 17.3 Å². The SMILES string of the molecule is CNC(C)Cc1noc(-c2nnn(-c3cccc(Br)c3)c2C)n1.Cl. The van der Waals surface area contributed by atoms with Crippen LogP contribution >= 0.6 is 28.3 Å². The van der Waals surface area contributed by atoms with E-state index in [-0.39, 0.29) is 18.4 Å². The predicted molar refractivity (Wildman–Crippen MR) is 96.6 cm³/mol. The fraction of sp³-hybridized carbons (Fsp3) is 0.333. The highest BCUT2D eigenvalue weighted by Gasteiger charge is 2.19. The maximum absolute atomic E-state index is 5.34. The Bertz CT molecular complexity index is 818. The zero-order chi connectivity index (χ0) is 16.4. The smallest absolute Gasteiger partial charge is 0.280 e. The highest BCUT2D eigenvalue weighted by Crippen LogP contribution is 2.22. The quantitative estimate of drug-likeness (QED) is 0.692. The van der Waals surface area contributed by atoms with Crippen molar-refractivity contribution in [1.29, 1.82) is 0 Å². The number of aromatic nitrogens is 5. The molecule has 3 rings (SSSR count). The first kappa shape index (κ1) is 18.6. The van der Waals surface area contributed by atoms with Gasteiger partial charge < -0.3 is 9.84 Å². The van der Waals surface area contributed by atoms with E-state index in [1.54, 1.807) is 4.68 Å². The summed E-state index contributed by atoms with van der Waals surface area (Å²) in [6, 6.07) is 8.12. The zero-order valence-corrected chi connectivity index (χ0v) is 15.9. The van der Waals surface area contributed by atoms with Gasteiger partial charge in [0.25, 0.3) is 5.89 Å². The lowest BCUT2D eigenvalue weighted by molar-refractivity contribution is 0.417. The molecule has 0 fully saturated rings. The molecule has 128 valence electrons. The Morgan fingerprint density at radius 3 is 2.88 bits per heavy atom. The van der Waals surface area contributed by atoms with Crippen LogP contribution in [-0.2, 0) is 6.42 Å². The first-order valence-corrected chi connectivity index (χ1v) is 8.06. The first-order chi connectivity index (χ1) is 11.1. The maximum atomic E-state index is 5.34. The summed E-state index contributed by atoms with van der Waals surface area (Å²) >= 11 is 3.46. The Hall–Kier alpha value is -1.77. The lowest BCUT2D eigenvalue weighted by atomic mass is 10.2. The second kappa shape index (κ2) is 7.87. The zero-order valence-electron chi connectivity index (χ0n) is 13.5. The molecule has 0 amide bonds.